The van der Waals surface area contributed by atoms with Crippen molar-refractivity contribution >= 4 is 5.91 Å². The summed E-state index contributed by atoms with van der Waals surface area (Å²) in [6.45, 7) is 3.63. The molecule has 0 aromatic rings. The summed E-state index contributed by atoms with van der Waals surface area (Å²) >= 11 is 0. The summed E-state index contributed by atoms with van der Waals surface area (Å²) in [5, 5.41) is 0. The summed E-state index contributed by atoms with van der Waals surface area (Å²) in [7, 11) is 2.08. The standard InChI is InChI=1S/C9H17N3O/c1-11-4-6-12(7-5-11)8(13)9(10)2-3-9/h2-7,10H2,1H3. The topological polar surface area (TPSA) is 49.6 Å². The van der Waals surface area contributed by atoms with Gasteiger partial charge >= 0.3 is 0 Å². The zero-order chi connectivity index (χ0) is 9.47. The van der Waals surface area contributed by atoms with Crippen molar-refractivity contribution in [1.29, 1.82) is 0 Å². The SMILES string of the molecule is CN1CCN(C(=O)C2(N)CC2)CC1. The molecule has 2 rings (SSSR count). The molecule has 1 heterocycles. The highest BCUT2D eigenvalue weighted by Crippen LogP contribution is 2.34. The van der Waals surface area contributed by atoms with Crippen LogP contribution in [0.15, 0.2) is 0 Å². The molecule has 4 heteroatoms. The Morgan fingerprint density at radius 2 is 1.77 bits per heavy atom. The number of piperazine rings is 1. The molecule has 4 nitrogen and oxygen atoms in total. The molecule has 0 unspecified atom stereocenters. The van der Waals surface area contributed by atoms with Crippen LogP contribution in [-0.2, 0) is 4.79 Å². The second-order valence-corrected chi connectivity index (χ2v) is 4.25. The summed E-state index contributed by atoms with van der Waals surface area (Å²) < 4.78 is 0. The molecular formula is C9H17N3O. The fourth-order valence-corrected chi connectivity index (χ4v) is 1.67. The first-order valence-corrected chi connectivity index (χ1v) is 4.89. The summed E-state index contributed by atoms with van der Waals surface area (Å²) in [5.41, 5.74) is 5.37. The van der Waals surface area contributed by atoms with Crippen LogP contribution in [0.2, 0.25) is 0 Å². The Morgan fingerprint density at radius 3 is 2.23 bits per heavy atom. The molecule has 0 aromatic carbocycles. The molecule has 0 bridgehead atoms. The third kappa shape index (κ3) is 1.69. The molecule has 13 heavy (non-hydrogen) atoms. The second kappa shape index (κ2) is 2.96. The fourth-order valence-electron chi connectivity index (χ4n) is 1.67. The smallest absolute Gasteiger partial charge is 0.242 e. The van der Waals surface area contributed by atoms with Crippen molar-refractivity contribution in [2.45, 2.75) is 18.4 Å². The molecule has 0 aromatic heterocycles. The number of hydrogen-bond donors (Lipinski definition) is 1. The van der Waals surface area contributed by atoms with Crippen molar-refractivity contribution < 1.29 is 4.79 Å². The molecule has 1 saturated carbocycles. The van der Waals surface area contributed by atoms with E-state index in [4.69, 9.17) is 5.73 Å². The van der Waals surface area contributed by atoms with Crippen LogP contribution in [0.4, 0.5) is 0 Å². The van der Waals surface area contributed by atoms with E-state index < -0.39 is 5.54 Å². The van der Waals surface area contributed by atoms with Gasteiger partial charge in [-0.25, -0.2) is 0 Å². The Bertz CT molecular complexity index is 217. The predicted octanol–water partition coefficient (Wildman–Crippen LogP) is -0.748. The van der Waals surface area contributed by atoms with E-state index in [1.54, 1.807) is 0 Å². The van der Waals surface area contributed by atoms with Crippen LogP contribution in [-0.4, -0.2) is 54.5 Å². The Kier molecular flexibility index (Phi) is 2.04. The van der Waals surface area contributed by atoms with E-state index in [-0.39, 0.29) is 5.91 Å². The van der Waals surface area contributed by atoms with Crippen LogP contribution in [0.3, 0.4) is 0 Å². The minimum atomic E-state index is -0.476. The van der Waals surface area contributed by atoms with Crippen LogP contribution in [0, 0.1) is 0 Å². The summed E-state index contributed by atoms with van der Waals surface area (Å²) in [6, 6.07) is 0. The summed E-state index contributed by atoms with van der Waals surface area (Å²) in [4.78, 5) is 15.9. The monoisotopic (exact) mass is 183 g/mol. The van der Waals surface area contributed by atoms with Crippen molar-refractivity contribution in [3.63, 3.8) is 0 Å². The fraction of sp³-hybridized carbons (Fsp3) is 0.889. The number of nitrogens with zero attached hydrogens (tertiary/aromatic N) is 2. The maximum atomic E-state index is 11.8. The average molecular weight is 183 g/mol. The lowest BCUT2D eigenvalue weighted by molar-refractivity contribution is -0.135. The molecule has 2 N–H and O–H groups in total. The van der Waals surface area contributed by atoms with Gasteiger partial charge in [-0.3, -0.25) is 4.79 Å². The summed E-state index contributed by atoms with van der Waals surface area (Å²) in [5.74, 6) is 0.167. The number of nitrogens with two attached hydrogens (primary N) is 1. The Balaban J connectivity index is 1.91. The highest BCUT2D eigenvalue weighted by molar-refractivity contribution is 5.89. The molecule has 0 spiro atoms. The van der Waals surface area contributed by atoms with Gasteiger partial charge < -0.3 is 15.5 Å². The summed E-state index contributed by atoms with van der Waals surface area (Å²) in [6.07, 6.45) is 1.75. The third-order valence-electron chi connectivity index (χ3n) is 3.01. The highest BCUT2D eigenvalue weighted by atomic mass is 16.2. The number of carbonyl (C=O) groups is 1. The second-order valence-electron chi connectivity index (χ2n) is 4.25. The molecule has 1 amide bonds. The van der Waals surface area contributed by atoms with Gasteiger partial charge in [0.05, 0.1) is 5.54 Å². The van der Waals surface area contributed by atoms with Crippen LogP contribution in [0.25, 0.3) is 0 Å². The number of likely N-dealkylation sites (N-methyl/N-ethyl adjacent to an activating group) is 1. The molecule has 74 valence electrons. The minimum Gasteiger partial charge on any atom is -0.339 e. The largest absolute Gasteiger partial charge is 0.339 e. The third-order valence-corrected chi connectivity index (χ3v) is 3.01. The van der Waals surface area contributed by atoms with Crippen molar-refractivity contribution in [2.75, 3.05) is 33.2 Å². The zero-order valence-electron chi connectivity index (χ0n) is 8.12. The van der Waals surface area contributed by atoms with Gasteiger partial charge in [0.1, 0.15) is 0 Å². The van der Waals surface area contributed by atoms with Crippen LogP contribution in [0.5, 0.6) is 0 Å². The van der Waals surface area contributed by atoms with Gasteiger partial charge in [0.15, 0.2) is 0 Å². The first-order chi connectivity index (χ1) is 6.12. The predicted molar refractivity (Wildman–Crippen MR) is 50.2 cm³/mol. The van der Waals surface area contributed by atoms with Crippen molar-refractivity contribution in [1.82, 2.24) is 9.80 Å². The van der Waals surface area contributed by atoms with Gasteiger partial charge in [-0.15, -0.1) is 0 Å². The van der Waals surface area contributed by atoms with Gasteiger partial charge in [-0.05, 0) is 19.9 Å². The number of rotatable bonds is 1. The zero-order valence-corrected chi connectivity index (χ0v) is 8.12. The van der Waals surface area contributed by atoms with Gasteiger partial charge in [0.25, 0.3) is 0 Å². The number of hydrogen-bond acceptors (Lipinski definition) is 3. The highest BCUT2D eigenvalue weighted by Gasteiger charge is 2.48. The Hall–Kier alpha value is -0.610. The van der Waals surface area contributed by atoms with Crippen molar-refractivity contribution in [3.8, 4) is 0 Å². The van der Waals surface area contributed by atoms with Gasteiger partial charge in [0, 0.05) is 26.2 Å². The maximum Gasteiger partial charge on any atom is 0.242 e. The van der Waals surface area contributed by atoms with E-state index in [1.165, 1.54) is 0 Å². The van der Waals surface area contributed by atoms with E-state index in [0.29, 0.717) is 0 Å². The van der Waals surface area contributed by atoms with Gasteiger partial charge in [-0.1, -0.05) is 0 Å². The van der Waals surface area contributed by atoms with E-state index in [1.807, 2.05) is 4.90 Å². The van der Waals surface area contributed by atoms with Crippen molar-refractivity contribution in [2.24, 2.45) is 5.73 Å². The van der Waals surface area contributed by atoms with E-state index >= 15 is 0 Å². The molecular weight excluding hydrogens is 166 g/mol. The molecule has 1 aliphatic heterocycles. The van der Waals surface area contributed by atoms with Crippen LogP contribution >= 0.6 is 0 Å². The maximum absolute atomic E-state index is 11.8. The molecule has 2 aliphatic rings. The van der Waals surface area contributed by atoms with Gasteiger partial charge in [0.2, 0.25) is 5.91 Å². The van der Waals surface area contributed by atoms with Crippen LogP contribution in [0.1, 0.15) is 12.8 Å². The molecule has 0 atom stereocenters. The first kappa shape index (κ1) is 8.97. The lowest BCUT2D eigenvalue weighted by atomic mass is 10.2. The van der Waals surface area contributed by atoms with Gasteiger partial charge in [-0.2, -0.15) is 0 Å². The Labute approximate surface area is 78.7 Å². The molecule has 1 aliphatic carbocycles. The average Bonchev–Trinajstić information content (AvgIpc) is 2.85. The number of amides is 1. The lowest BCUT2D eigenvalue weighted by Gasteiger charge is -2.33. The molecule has 2 fully saturated rings. The minimum absolute atomic E-state index is 0.167. The molecule has 0 radical (unpaired) electrons. The van der Waals surface area contributed by atoms with E-state index in [9.17, 15) is 4.79 Å². The van der Waals surface area contributed by atoms with E-state index in [0.717, 1.165) is 39.0 Å². The van der Waals surface area contributed by atoms with E-state index in [2.05, 4.69) is 11.9 Å². The normalized spacial score (nSPS) is 27.4. The van der Waals surface area contributed by atoms with Crippen molar-refractivity contribution in [3.05, 3.63) is 0 Å². The lowest BCUT2D eigenvalue weighted by Crippen LogP contribution is -2.53. The number of carbonyl (C=O) groups excluding carboxylic acids is 1. The van der Waals surface area contributed by atoms with Crippen LogP contribution < -0.4 is 5.73 Å². The first-order valence-electron chi connectivity index (χ1n) is 4.89. The Morgan fingerprint density at radius 1 is 1.23 bits per heavy atom. The quantitative estimate of drug-likeness (QED) is 0.582. The molecule has 1 saturated heterocycles.